The Kier molecular flexibility index (Phi) is 4.47. The minimum atomic E-state index is 0.681. The Morgan fingerprint density at radius 1 is 0.625 bits per heavy atom. The first-order valence-electron chi connectivity index (χ1n) is 3.46. The van der Waals surface area contributed by atoms with Gasteiger partial charge in [0.2, 0.25) is 0 Å². The number of hydrogen-bond acceptors (Lipinski definition) is 0. The van der Waals surface area contributed by atoms with E-state index in [-0.39, 0.29) is 0 Å². The molecule has 2 atom stereocenters. The third-order valence-electron chi connectivity index (χ3n) is 1.48. The van der Waals surface area contributed by atoms with Crippen LogP contribution < -0.4 is 0 Å². The van der Waals surface area contributed by atoms with Crippen LogP contribution in [0.25, 0.3) is 0 Å². The van der Waals surface area contributed by atoms with Crippen molar-refractivity contribution in [3.63, 3.8) is 0 Å². The maximum atomic E-state index is 1.68. The van der Waals surface area contributed by atoms with Gasteiger partial charge in [-0.1, -0.05) is 0 Å². The van der Waals surface area contributed by atoms with Gasteiger partial charge in [0.05, 0.1) is 0 Å². The van der Waals surface area contributed by atoms with Crippen molar-refractivity contribution in [2.75, 3.05) is 0 Å². The van der Waals surface area contributed by atoms with Gasteiger partial charge in [0.1, 0.15) is 0 Å². The van der Waals surface area contributed by atoms with Crippen molar-refractivity contribution >= 4 is 27.4 Å². The summed E-state index contributed by atoms with van der Waals surface area (Å²) in [7, 11) is 0. The van der Waals surface area contributed by atoms with Crippen LogP contribution in [0.3, 0.4) is 0 Å². The molecule has 0 saturated carbocycles. The Hall–Kier alpha value is 1.12. The van der Waals surface area contributed by atoms with Crippen LogP contribution in [0.15, 0.2) is 0 Å². The summed E-state index contributed by atoms with van der Waals surface area (Å²) in [6, 6.07) is 0. The van der Waals surface area contributed by atoms with E-state index in [0.29, 0.717) is 27.4 Å². The summed E-state index contributed by atoms with van der Waals surface area (Å²) in [6.45, 7) is 0. The van der Waals surface area contributed by atoms with Crippen molar-refractivity contribution in [1.82, 2.24) is 0 Å². The zero-order valence-corrected chi connectivity index (χ0v) is 9.44. The molecule has 1 saturated heterocycles. The SMILES string of the molecule is C1CCC[AsH][AsH]CC1. The molecule has 0 aromatic heterocycles. The molecule has 1 fully saturated rings. The predicted octanol–water partition coefficient (Wildman–Crippen LogP) is 1.18. The standard InChI is InChI=1S/C6H14As2/c1-2-4-6-8-7-5-3-1/h7-8H,1-6H2. The fourth-order valence-corrected chi connectivity index (χ4v) is 11.2. The van der Waals surface area contributed by atoms with E-state index in [9.17, 15) is 0 Å². The zero-order chi connectivity index (χ0) is 5.66. The van der Waals surface area contributed by atoms with Crippen molar-refractivity contribution < 1.29 is 0 Å². The summed E-state index contributed by atoms with van der Waals surface area (Å²) in [5, 5.41) is 3.36. The Morgan fingerprint density at radius 2 is 1.12 bits per heavy atom. The molecule has 0 aromatic rings. The molecule has 48 valence electrons. The van der Waals surface area contributed by atoms with Gasteiger partial charge in [0.15, 0.2) is 0 Å². The Labute approximate surface area is 63.5 Å². The second-order valence-corrected chi connectivity index (χ2v) is 13.6. The van der Waals surface area contributed by atoms with Gasteiger partial charge < -0.3 is 0 Å². The van der Waals surface area contributed by atoms with E-state index in [1.54, 1.807) is 36.1 Å². The third-order valence-corrected chi connectivity index (χ3v) is 12.7. The topological polar surface area (TPSA) is 0 Å². The van der Waals surface area contributed by atoms with E-state index in [0.717, 1.165) is 0 Å². The summed E-state index contributed by atoms with van der Waals surface area (Å²) in [4.78, 5) is 0. The Morgan fingerprint density at radius 3 is 1.62 bits per heavy atom. The fraction of sp³-hybridized carbons (Fsp3) is 1.00. The van der Waals surface area contributed by atoms with Crippen LogP contribution in [0.1, 0.15) is 25.7 Å². The first-order valence-corrected chi connectivity index (χ1v) is 12.9. The normalized spacial score (nSPS) is 30.0. The van der Waals surface area contributed by atoms with Gasteiger partial charge in [0.25, 0.3) is 0 Å². The molecule has 0 nitrogen and oxygen atoms in total. The molecule has 1 aliphatic rings. The monoisotopic (exact) mass is 236 g/mol. The average Bonchev–Trinajstić information content (AvgIpc) is 1.62. The van der Waals surface area contributed by atoms with Gasteiger partial charge in [-0.25, -0.2) is 0 Å². The molecule has 0 spiro atoms. The van der Waals surface area contributed by atoms with Crippen molar-refractivity contribution in [3.05, 3.63) is 0 Å². The van der Waals surface area contributed by atoms with E-state index in [2.05, 4.69) is 0 Å². The van der Waals surface area contributed by atoms with Crippen LogP contribution in [-0.2, 0) is 0 Å². The predicted molar refractivity (Wildman–Crippen MR) is 42.4 cm³/mol. The average molecular weight is 236 g/mol. The van der Waals surface area contributed by atoms with Crippen LogP contribution >= 0.6 is 0 Å². The Balaban J connectivity index is 2.00. The molecule has 2 heteroatoms. The zero-order valence-electron chi connectivity index (χ0n) is 5.24. The van der Waals surface area contributed by atoms with Crippen LogP contribution in [0.2, 0.25) is 10.4 Å². The van der Waals surface area contributed by atoms with Crippen molar-refractivity contribution in [2.45, 2.75) is 36.1 Å². The molecule has 1 aliphatic heterocycles. The summed E-state index contributed by atoms with van der Waals surface area (Å²) in [5.41, 5.74) is 0. The van der Waals surface area contributed by atoms with Gasteiger partial charge in [-0.2, -0.15) is 0 Å². The van der Waals surface area contributed by atoms with Crippen LogP contribution in [0.4, 0.5) is 0 Å². The molecule has 0 amide bonds. The van der Waals surface area contributed by atoms with Gasteiger partial charge in [-0.05, 0) is 0 Å². The minimum absolute atomic E-state index is 0.681. The molecule has 0 aliphatic carbocycles. The van der Waals surface area contributed by atoms with Gasteiger partial charge in [-0.3, -0.25) is 0 Å². The third kappa shape index (κ3) is 3.20. The molecule has 2 unspecified atom stereocenters. The Bertz CT molecular complexity index is 30.5. The van der Waals surface area contributed by atoms with E-state index < -0.39 is 0 Å². The molecule has 0 radical (unpaired) electrons. The van der Waals surface area contributed by atoms with Crippen LogP contribution in [0.5, 0.6) is 0 Å². The summed E-state index contributed by atoms with van der Waals surface area (Å²) in [6.07, 6.45) is 6.28. The van der Waals surface area contributed by atoms with Crippen LogP contribution in [-0.4, -0.2) is 27.4 Å². The van der Waals surface area contributed by atoms with Gasteiger partial charge in [0, 0.05) is 0 Å². The molecule has 0 aromatic carbocycles. The summed E-state index contributed by atoms with van der Waals surface area (Å²) < 4.78 is 0. The van der Waals surface area contributed by atoms with E-state index >= 15 is 0 Å². The molecule has 1 heterocycles. The molecule has 8 heavy (non-hydrogen) atoms. The van der Waals surface area contributed by atoms with Gasteiger partial charge >= 0.3 is 63.5 Å². The van der Waals surface area contributed by atoms with E-state index in [1.165, 1.54) is 0 Å². The molecule has 1 rings (SSSR count). The first-order chi connectivity index (χ1) is 4.00. The fourth-order valence-electron chi connectivity index (χ4n) is 0.957. The number of hydrogen-bond donors (Lipinski definition) is 0. The van der Waals surface area contributed by atoms with Crippen LogP contribution in [0, 0.1) is 0 Å². The molecular weight excluding hydrogens is 222 g/mol. The maximum absolute atomic E-state index is 1.68. The number of rotatable bonds is 0. The second kappa shape index (κ2) is 4.95. The molecule has 0 bridgehead atoms. The van der Waals surface area contributed by atoms with Crippen molar-refractivity contribution in [3.8, 4) is 0 Å². The first kappa shape index (κ1) is 7.23. The van der Waals surface area contributed by atoms with E-state index in [4.69, 9.17) is 0 Å². The summed E-state index contributed by atoms with van der Waals surface area (Å²) in [5.74, 6) is 0. The van der Waals surface area contributed by atoms with E-state index in [1.807, 2.05) is 0 Å². The second-order valence-electron chi connectivity index (χ2n) is 2.27. The van der Waals surface area contributed by atoms with Gasteiger partial charge in [-0.15, -0.1) is 0 Å². The molecule has 0 N–H and O–H groups in total. The molecular formula is C6H14As2. The quantitative estimate of drug-likeness (QED) is 0.554. The summed E-state index contributed by atoms with van der Waals surface area (Å²) >= 11 is 1.36. The van der Waals surface area contributed by atoms with Crippen molar-refractivity contribution in [2.24, 2.45) is 0 Å². The van der Waals surface area contributed by atoms with Crippen molar-refractivity contribution in [1.29, 1.82) is 0 Å².